The van der Waals surface area contributed by atoms with E-state index in [0.717, 1.165) is 0 Å². The van der Waals surface area contributed by atoms with E-state index in [0.29, 0.717) is 12.1 Å². The minimum absolute atomic E-state index is 0.00463. The summed E-state index contributed by atoms with van der Waals surface area (Å²) in [6.07, 6.45) is 0. The van der Waals surface area contributed by atoms with Gasteiger partial charge in [-0.25, -0.2) is 5.90 Å². The van der Waals surface area contributed by atoms with Gasteiger partial charge in [-0.3, -0.25) is 0 Å². The zero-order valence-corrected chi connectivity index (χ0v) is 8.16. The van der Waals surface area contributed by atoms with Gasteiger partial charge in [0.1, 0.15) is 0 Å². The van der Waals surface area contributed by atoms with Crippen molar-refractivity contribution in [3.05, 3.63) is 0 Å². The normalized spacial score (nSPS) is 11.7. The van der Waals surface area contributed by atoms with E-state index in [1.165, 1.54) is 0 Å². The Kier molecular flexibility index (Phi) is 4.72. The molecule has 0 fully saturated rings. The van der Waals surface area contributed by atoms with E-state index in [2.05, 4.69) is 32.5 Å². The standard InChI is InChI=1S/C7H19BN2O/c1-6(2)10(7(3)4)8(5)11-9/h6-7H,9H2,1-5H3. The highest BCUT2D eigenvalue weighted by Crippen LogP contribution is 2.07. The van der Waals surface area contributed by atoms with E-state index in [-0.39, 0.29) is 7.05 Å². The fraction of sp³-hybridized carbons (Fsp3) is 1.00. The van der Waals surface area contributed by atoms with Crippen LogP contribution in [0.5, 0.6) is 0 Å². The monoisotopic (exact) mass is 158 g/mol. The summed E-state index contributed by atoms with van der Waals surface area (Å²) in [5, 5.41) is 0. The molecule has 0 bridgehead atoms. The Bertz CT molecular complexity index is 101. The van der Waals surface area contributed by atoms with Gasteiger partial charge in [-0.1, -0.05) is 27.7 Å². The lowest BCUT2D eigenvalue weighted by Crippen LogP contribution is -2.49. The molecule has 0 aliphatic carbocycles. The summed E-state index contributed by atoms with van der Waals surface area (Å²) in [7, 11) is -0.00463. The van der Waals surface area contributed by atoms with E-state index in [1.807, 2.05) is 6.82 Å². The van der Waals surface area contributed by atoms with Crippen LogP contribution in [0.4, 0.5) is 0 Å². The molecule has 0 atom stereocenters. The van der Waals surface area contributed by atoms with Gasteiger partial charge in [-0.15, -0.1) is 0 Å². The van der Waals surface area contributed by atoms with Gasteiger partial charge in [0, 0.05) is 0 Å². The van der Waals surface area contributed by atoms with Crippen molar-refractivity contribution >= 4 is 7.05 Å². The zero-order chi connectivity index (χ0) is 9.02. The maximum Gasteiger partial charge on any atom is 0.400 e. The van der Waals surface area contributed by atoms with Crippen LogP contribution in [0.2, 0.25) is 6.82 Å². The molecule has 0 aromatic heterocycles. The molecule has 2 N–H and O–H groups in total. The highest BCUT2D eigenvalue weighted by molar-refractivity contribution is 6.46. The molecule has 0 rings (SSSR count). The topological polar surface area (TPSA) is 38.5 Å². The smallest absolute Gasteiger partial charge is 0.344 e. The molecule has 0 heterocycles. The summed E-state index contributed by atoms with van der Waals surface area (Å²) < 4.78 is 4.76. The van der Waals surface area contributed by atoms with Crippen LogP contribution in [-0.4, -0.2) is 23.9 Å². The maximum atomic E-state index is 5.11. The molecule has 0 aliphatic heterocycles. The molecule has 0 aromatic rings. The molecule has 3 nitrogen and oxygen atoms in total. The van der Waals surface area contributed by atoms with E-state index in [1.54, 1.807) is 0 Å². The first-order valence-electron chi connectivity index (χ1n) is 4.13. The van der Waals surface area contributed by atoms with Crippen LogP contribution >= 0.6 is 0 Å². The lowest BCUT2D eigenvalue weighted by Gasteiger charge is -2.32. The van der Waals surface area contributed by atoms with Crippen molar-refractivity contribution in [2.75, 3.05) is 0 Å². The van der Waals surface area contributed by atoms with Gasteiger partial charge in [-0.05, 0) is 18.9 Å². The Morgan fingerprint density at radius 1 is 1.18 bits per heavy atom. The molecule has 0 amide bonds. The Hall–Kier alpha value is -0.0551. The second kappa shape index (κ2) is 4.75. The van der Waals surface area contributed by atoms with Crippen LogP contribution in [0.15, 0.2) is 0 Å². The fourth-order valence-electron chi connectivity index (χ4n) is 1.51. The first-order chi connectivity index (χ1) is 5.00. The van der Waals surface area contributed by atoms with Crippen LogP contribution < -0.4 is 5.90 Å². The summed E-state index contributed by atoms with van der Waals surface area (Å²) in [5.41, 5.74) is 0. The largest absolute Gasteiger partial charge is 0.400 e. The fourth-order valence-corrected chi connectivity index (χ4v) is 1.51. The van der Waals surface area contributed by atoms with Crippen molar-refractivity contribution in [1.29, 1.82) is 0 Å². The number of hydrogen-bond acceptors (Lipinski definition) is 3. The van der Waals surface area contributed by atoms with Gasteiger partial charge in [0.05, 0.1) is 0 Å². The van der Waals surface area contributed by atoms with Crippen molar-refractivity contribution < 1.29 is 4.76 Å². The number of rotatable bonds is 4. The van der Waals surface area contributed by atoms with Crippen LogP contribution in [-0.2, 0) is 4.76 Å². The molecular formula is C7H19BN2O. The third kappa shape index (κ3) is 3.23. The Morgan fingerprint density at radius 3 is 1.64 bits per heavy atom. The quantitative estimate of drug-likeness (QED) is 0.492. The highest BCUT2D eigenvalue weighted by atomic mass is 16.6. The van der Waals surface area contributed by atoms with Crippen LogP contribution in [0.3, 0.4) is 0 Å². The molecule has 0 saturated heterocycles. The average Bonchev–Trinajstić information content (AvgIpc) is 1.85. The van der Waals surface area contributed by atoms with Gasteiger partial charge in [0.2, 0.25) is 0 Å². The Balaban J connectivity index is 4.09. The second-order valence-corrected chi connectivity index (χ2v) is 3.37. The van der Waals surface area contributed by atoms with Crippen LogP contribution in [0.25, 0.3) is 0 Å². The summed E-state index contributed by atoms with van der Waals surface area (Å²) in [6, 6.07) is 0.932. The van der Waals surface area contributed by atoms with Gasteiger partial charge in [0.25, 0.3) is 0 Å². The average molecular weight is 158 g/mol. The van der Waals surface area contributed by atoms with Gasteiger partial charge >= 0.3 is 7.05 Å². The number of nitrogens with zero attached hydrogens (tertiary/aromatic N) is 1. The molecule has 4 heteroatoms. The number of nitrogens with two attached hydrogens (primary N) is 1. The van der Waals surface area contributed by atoms with Gasteiger partial charge < -0.3 is 9.57 Å². The lowest BCUT2D eigenvalue weighted by molar-refractivity contribution is 0.218. The zero-order valence-electron chi connectivity index (χ0n) is 8.16. The maximum absolute atomic E-state index is 5.11. The van der Waals surface area contributed by atoms with E-state index >= 15 is 0 Å². The Labute approximate surface area is 70.0 Å². The van der Waals surface area contributed by atoms with Crippen molar-refractivity contribution in [2.45, 2.75) is 46.6 Å². The molecule has 0 saturated carbocycles. The molecule has 11 heavy (non-hydrogen) atoms. The second-order valence-electron chi connectivity index (χ2n) is 3.37. The lowest BCUT2D eigenvalue weighted by atomic mass is 9.81. The first-order valence-corrected chi connectivity index (χ1v) is 4.13. The molecule has 0 spiro atoms. The minimum atomic E-state index is -0.00463. The minimum Gasteiger partial charge on any atom is -0.344 e. The SMILES string of the molecule is CB(ON)N(C(C)C)C(C)C. The van der Waals surface area contributed by atoms with E-state index in [4.69, 9.17) is 10.7 Å². The van der Waals surface area contributed by atoms with Crippen LogP contribution in [0.1, 0.15) is 27.7 Å². The third-order valence-electron chi connectivity index (χ3n) is 1.81. The molecule has 0 unspecified atom stereocenters. The molecular weight excluding hydrogens is 139 g/mol. The summed E-state index contributed by atoms with van der Waals surface area (Å²) in [4.78, 5) is 2.21. The molecule has 0 aromatic carbocycles. The van der Waals surface area contributed by atoms with Crippen molar-refractivity contribution in [3.63, 3.8) is 0 Å². The molecule has 0 aliphatic rings. The van der Waals surface area contributed by atoms with Crippen molar-refractivity contribution in [3.8, 4) is 0 Å². The molecule has 66 valence electrons. The van der Waals surface area contributed by atoms with Gasteiger partial charge in [0.15, 0.2) is 0 Å². The molecule has 0 radical (unpaired) electrons. The Morgan fingerprint density at radius 2 is 1.55 bits per heavy atom. The summed E-state index contributed by atoms with van der Waals surface area (Å²) >= 11 is 0. The van der Waals surface area contributed by atoms with E-state index in [9.17, 15) is 0 Å². The highest BCUT2D eigenvalue weighted by Gasteiger charge is 2.24. The predicted octanol–water partition coefficient (Wildman–Crippen LogP) is 1.11. The predicted molar refractivity (Wildman–Crippen MR) is 49.0 cm³/mol. The summed E-state index contributed by atoms with van der Waals surface area (Å²) in [6.45, 7) is 10.5. The van der Waals surface area contributed by atoms with Gasteiger partial charge in [-0.2, -0.15) is 0 Å². The van der Waals surface area contributed by atoms with Crippen LogP contribution in [0, 0.1) is 0 Å². The van der Waals surface area contributed by atoms with Crippen molar-refractivity contribution in [1.82, 2.24) is 4.81 Å². The van der Waals surface area contributed by atoms with Crippen molar-refractivity contribution in [2.24, 2.45) is 5.90 Å². The third-order valence-corrected chi connectivity index (χ3v) is 1.81. The first kappa shape index (κ1) is 10.9. The number of hydrogen-bond donors (Lipinski definition) is 1. The van der Waals surface area contributed by atoms with E-state index < -0.39 is 0 Å². The summed E-state index contributed by atoms with van der Waals surface area (Å²) in [5.74, 6) is 5.11.